The molecule has 0 unspecified atom stereocenters. The molecule has 0 amide bonds. The van der Waals surface area contributed by atoms with Crippen molar-refractivity contribution in [1.82, 2.24) is 0 Å². The van der Waals surface area contributed by atoms with Gasteiger partial charge in [0.15, 0.2) is 0 Å². The van der Waals surface area contributed by atoms with Crippen LogP contribution in [0.1, 0.15) is 24.0 Å². The maximum atomic E-state index is 12.7. The van der Waals surface area contributed by atoms with Crippen LogP contribution < -0.4 is 5.73 Å². The first-order valence-corrected chi connectivity index (χ1v) is 4.96. The zero-order chi connectivity index (χ0) is 12.0. The summed E-state index contributed by atoms with van der Waals surface area (Å²) in [5.74, 6) is 0. The zero-order valence-corrected chi connectivity index (χ0v) is 8.46. The van der Waals surface area contributed by atoms with Gasteiger partial charge in [-0.3, -0.25) is 0 Å². The van der Waals surface area contributed by atoms with E-state index in [1.54, 1.807) is 0 Å². The summed E-state index contributed by atoms with van der Waals surface area (Å²) in [5, 5.41) is 9.18. The van der Waals surface area contributed by atoms with E-state index in [9.17, 15) is 18.3 Å². The fourth-order valence-electron chi connectivity index (χ4n) is 2.17. The van der Waals surface area contributed by atoms with Crippen LogP contribution in [0.3, 0.4) is 0 Å². The average molecular weight is 231 g/mol. The smallest absolute Gasteiger partial charge is 0.393 e. The van der Waals surface area contributed by atoms with E-state index in [1.165, 1.54) is 18.2 Å². The Balaban J connectivity index is 2.42. The molecule has 5 heteroatoms. The maximum Gasteiger partial charge on any atom is 0.416 e. The van der Waals surface area contributed by atoms with Crippen LogP contribution in [0, 0.1) is 0 Å². The monoisotopic (exact) mass is 231 g/mol. The van der Waals surface area contributed by atoms with Crippen molar-refractivity contribution in [3.8, 4) is 0 Å². The topological polar surface area (TPSA) is 46.2 Å². The van der Waals surface area contributed by atoms with Crippen LogP contribution in [0.15, 0.2) is 24.3 Å². The van der Waals surface area contributed by atoms with Crippen molar-refractivity contribution < 1.29 is 18.3 Å². The van der Waals surface area contributed by atoms with Gasteiger partial charge in [0.25, 0.3) is 0 Å². The molecule has 1 aliphatic carbocycles. The van der Waals surface area contributed by atoms with Crippen molar-refractivity contribution in [2.75, 3.05) is 0 Å². The largest absolute Gasteiger partial charge is 0.416 e. The van der Waals surface area contributed by atoms with E-state index in [0.29, 0.717) is 0 Å². The van der Waals surface area contributed by atoms with Crippen LogP contribution in [-0.2, 0) is 11.7 Å². The van der Waals surface area contributed by atoms with Crippen LogP contribution >= 0.6 is 0 Å². The Morgan fingerprint density at radius 3 is 2.31 bits per heavy atom. The molecule has 0 radical (unpaired) electrons. The summed E-state index contributed by atoms with van der Waals surface area (Å²) < 4.78 is 38.2. The summed E-state index contributed by atoms with van der Waals surface area (Å²) in [4.78, 5) is 0. The maximum absolute atomic E-state index is 12.7. The number of halogens is 3. The molecule has 0 bridgehead atoms. The number of benzene rings is 1. The number of hydrogen-bond donors (Lipinski definition) is 2. The molecule has 0 heterocycles. The molecule has 0 aliphatic heterocycles. The van der Waals surface area contributed by atoms with Crippen LogP contribution in [0.4, 0.5) is 13.2 Å². The first-order valence-electron chi connectivity index (χ1n) is 4.96. The second-order valence-corrected chi connectivity index (χ2v) is 4.26. The van der Waals surface area contributed by atoms with Gasteiger partial charge >= 0.3 is 6.18 Å². The fraction of sp³-hybridized carbons (Fsp3) is 0.455. The molecule has 0 spiro atoms. The van der Waals surface area contributed by atoms with Crippen molar-refractivity contribution in [3.05, 3.63) is 35.4 Å². The third-order valence-corrected chi connectivity index (χ3v) is 2.97. The van der Waals surface area contributed by atoms with Crippen molar-refractivity contribution >= 4 is 0 Å². The van der Waals surface area contributed by atoms with E-state index in [4.69, 9.17) is 5.73 Å². The summed E-state index contributed by atoms with van der Waals surface area (Å²) in [7, 11) is 0. The average Bonchev–Trinajstić information content (AvgIpc) is 2.14. The molecular weight excluding hydrogens is 219 g/mol. The Labute approximate surface area is 90.9 Å². The summed E-state index contributed by atoms with van der Waals surface area (Å²) in [5.41, 5.74) is 4.19. The first-order chi connectivity index (χ1) is 7.33. The van der Waals surface area contributed by atoms with E-state index in [1.807, 2.05) is 0 Å². The highest BCUT2D eigenvalue weighted by Gasteiger charge is 2.46. The molecule has 1 aliphatic rings. The molecule has 0 aromatic heterocycles. The van der Waals surface area contributed by atoms with Crippen molar-refractivity contribution in [1.29, 1.82) is 0 Å². The SMILES string of the molecule is NC1(c2ccccc2C(F)(F)F)CC(O)C1. The molecule has 2 rings (SSSR count). The fourth-order valence-corrected chi connectivity index (χ4v) is 2.17. The Hall–Kier alpha value is -1.07. The number of aliphatic hydroxyl groups excluding tert-OH is 1. The molecular formula is C11H12F3NO. The van der Waals surface area contributed by atoms with Crippen LogP contribution in [0.5, 0.6) is 0 Å². The molecule has 16 heavy (non-hydrogen) atoms. The van der Waals surface area contributed by atoms with Crippen LogP contribution in [0.25, 0.3) is 0 Å². The van der Waals surface area contributed by atoms with Gasteiger partial charge in [0.1, 0.15) is 0 Å². The Morgan fingerprint density at radius 1 is 1.25 bits per heavy atom. The summed E-state index contributed by atoms with van der Waals surface area (Å²) in [6.07, 6.45) is -4.63. The van der Waals surface area contributed by atoms with Crippen molar-refractivity contribution in [2.24, 2.45) is 5.73 Å². The molecule has 1 aromatic rings. The van der Waals surface area contributed by atoms with Gasteiger partial charge in [0, 0.05) is 5.54 Å². The second-order valence-electron chi connectivity index (χ2n) is 4.26. The van der Waals surface area contributed by atoms with E-state index >= 15 is 0 Å². The third-order valence-electron chi connectivity index (χ3n) is 2.97. The minimum absolute atomic E-state index is 0.0767. The molecule has 3 N–H and O–H groups in total. The van der Waals surface area contributed by atoms with Gasteiger partial charge < -0.3 is 10.8 Å². The molecule has 0 atom stereocenters. The lowest BCUT2D eigenvalue weighted by Crippen LogP contribution is -2.52. The Bertz CT molecular complexity index is 396. The van der Waals surface area contributed by atoms with Gasteiger partial charge in [-0.05, 0) is 24.5 Å². The van der Waals surface area contributed by atoms with Gasteiger partial charge in [0.2, 0.25) is 0 Å². The van der Waals surface area contributed by atoms with Gasteiger partial charge in [-0.2, -0.15) is 13.2 Å². The number of hydrogen-bond acceptors (Lipinski definition) is 2. The lowest BCUT2D eigenvalue weighted by molar-refractivity contribution is -0.139. The molecule has 88 valence electrons. The predicted molar refractivity (Wildman–Crippen MR) is 52.6 cm³/mol. The van der Waals surface area contributed by atoms with Crippen LogP contribution in [0.2, 0.25) is 0 Å². The van der Waals surface area contributed by atoms with Crippen molar-refractivity contribution in [2.45, 2.75) is 30.7 Å². The lowest BCUT2D eigenvalue weighted by atomic mass is 9.69. The second kappa shape index (κ2) is 3.46. The highest BCUT2D eigenvalue weighted by Crippen LogP contribution is 2.44. The molecule has 1 aromatic carbocycles. The minimum Gasteiger partial charge on any atom is -0.393 e. The number of alkyl halides is 3. The normalized spacial score (nSPS) is 29.9. The quantitative estimate of drug-likeness (QED) is 0.776. The van der Waals surface area contributed by atoms with E-state index in [0.717, 1.165) is 6.07 Å². The Kier molecular flexibility index (Phi) is 2.47. The van der Waals surface area contributed by atoms with E-state index in [-0.39, 0.29) is 18.4 Å². The molecule has 2 nitrogen and oxygen atoms in total. The minimum atomic E-state index is -4.40. The third kappa shape index (κ3) is 1.81. The number of rotatable bonds is 1. The summed E-state index contributed by atoms with van der Waals surface area (Å²) in [6.45, 7) is 0. The van der Waals surface area contributed by atoms with Crippen molar-refractivity contribution in [3.63, 3.8) is 0 Å². The van der Waals surface area contributed by atoms with Crippen LogP contribution in [-0.4, -0.2) is 11.2 Å². The summed E-state index contributed by atoms with van der Waals surface area (Å²) in [6, 6.07) is 5.28. The number of aliphatic hydroxyl groups is 1. The lowest BCUT2D eigenvalue weighted by Gasteiger charge is -2.43. The zero-order valence-electron chi connectivity index (χ0n) is 8.46. The Morgan fingerprint density at radius 2 is 1.81 bits per heavy atom. The predicted octanol–water partition coefficient (Wildman–Crippen LogP) is 2.01. The molecule has 1 fully saturated rings. The molecule has 1 saturated carbocycles. The number of nitrogens with two attached hydrogens (primary N) is 1. The van der Waals surface area contributed by atoms with Gasteiger partial charge in [-0.25, -0.2) is 0 Å². The molecule has 0 saturated heterocycles. The van der Waals surface area contributed by atoms with Gasteiger partial charge in [-0.1, -0.05) is 18.2 Å². The van der Waals surface area contributed by atoms with Gasteiger partial charge in [-0.15, -0.1) is 0 Å². The highest BCUT2D eigenvalue weighted by molar-refractivity contribution is 5.37. The summed E-state index contributed by atoms with van der Waals surface area (Å²) >= 11 is 0. The standard InChI is InChI=1S/C11H12F3NO/c12-11(13,14)9-4-2-1-3-8(9)10(15)5-7(16)6-10/h1-4,7,16H,5-6,15H2. The van der Waals surface area contributed by atoms with Gasteiger partial charge in [0.05, 0.1) is 11.7 Å². The highest BCUT2D eigenvalue weighted by atomic mass is 19.4. The first kappa shape index (κ1) is 11.4. The van der Waals surface area contributed by atoms with E-state index < -0.39 is 23.4 Å². The van der Waals surface area contributed by atoms with E-state index in [2.05, 4.69) is 0 Å².